The first-order valence-corrected chi connectivity index (χ1v) is 7.66. The van der Waals surface area contributed by atoms with Crippen molar-refractivity contribution < 1.29 is 9.26 Å². The molecule has 0 radical (unpaired) electrons. The number of rotatable bonds is 5. The molecule has 5 heteroatoms. The molecule has 114 valence electrons. The molecule has 2 rings (SSSR count). The molecule has 1 aliphatic rings. The molecule has 1 aromatic rings. The summed E-state index contributed by atoms with van der Waals surface area (Å²) < 4.78 is 11.4. The van der Waals surface area contributed by atoms with E-state index in [0.717, 1.165) is 32.1 Å². The van der Waals surface area contributed by atoms with Crippen molar-refractivity contribution in [3.8, 4) is 0 Å². The first kappa shape index (κ1) is 15.4. The van der Waals surface area contributed by atoms with E-state index in [0.29, 0.717) is 23.7 Å². The van der Waals surface area contributed by atoms with Crippen LogP contribution in [-0.2, 0) is 10.3 Å². The monoisotopic (exact) mass is 281 g/mol. The van der Waals surface area contributed by atoms with Gasteiger partial charge in [-0.1, -0.05) is 25.9 Å². The van der Waals surface area contributed by atoms with Gasteiger partial charge in [-0.05, 0) is 44.4 Å². The molecule has 1 atom stereocenters. The third-order valence-corrected chi connectivity index (χ3v) is 4.44. The van der Waals surface area contributed by atoms with E-state index in [9.17, 15) is 0 Å². The van der Waals surface area contributed by atoms with Crippen LogP contribution in [0.2, 0.25) is 0 Å². The summed E-state index contributed by atoms with van der Waals surface area (Å²) in [5, 5.41) is 4.16. The van der Waals surface area contributed by atoms with Crippen LogP contribution in [0.25, 0.3) is 0 Å². The van der Waals surface area contributed by atoms with Gasteiger partial charge in [0.1, 0.15) is 5.60 Å². The van der Waals surface area contributed by atoms with Gasteiger partial charge >= 0.3 is 0 Å². The molecule has 1 saturated carbocycles. The van der Waals surface area contributed by atoms with Gasteiger partial charge in [-0.25, -0.2) is 0 Å². The van der Waals surface area contributed by atoms with Gasteiger partial charge in [0.25, 0.3) is 0 Å². The lowest BCUT2D eigenvalue weighted by Crippen LogP contribution is -2.38. The zero-order chi connectivity index (χ0) is 14.8. The van der Waals surface area contributed by atoms with Crippen LogP contribution in [0.5, 0.6) is 0 Å². The summed E-state index contributed by atoms with van der Waals surface area (Å²) in [4.78, 5) is 4.52. The minimum atomic E-state index is -0.389. The molecule has 5 nitrogen and oxygen atoms in total. The Bertz CT molecular complexity index is 432. The summed E-state index contributed by atoms with van der Waals surface area (Å²) in [5.74, 6) is 1.19. The first-order valence-electron chi connectivity index (χ1n) is 7.66. The van der Waals surface area contributed by atoms with Crippen LogP contribution in [0.1, 0.15) is 77.6 Å². The Morgan fingerprint density at radius 1 is 1.25 bits per heavy atom. The molecule has 0 saturated heterocycles. The van der Waals surface area contributed by atoms with Crippen LogP contribution in [0, 0.1) is 5.41 Å². The zero-order valence-electron chi connectivity index (χ0n) is 13.1. The van der Waals surface area contributed by atoms with Gasteiger partial charge in [0.05, 0.1) is 6.04 Å². The van der Waals surface area contributed by atoms with Gasteiger partial charge in [-0.2, -0.15) is 4.98 Å². The Balaban J connectivity index is 2.22. The number of nitrogens with two attached hydrogens (primary N) is 1. The predicted octanol–water partition coefficient (Wildman–Crippen LogP) is 3.31. The van der Waals surface area contributed by atoms with E-state index in [2.05, 4.69) is 24.0 Å². The first-order chi connectivity index (χ1) is 9.42. The summed E-state index contributed by atoms with van der Waals surface area (Å²) in [5.41, 5.74) is 5.94. The summed E-state index contributed by atoms with van der Waals surface area (Å²) in [6.45, 7) is 9.29. The van der Waals surface area contributed by atoms with E-state index < -0.39 is 0 Å². The second-order valence-electron chi connectivity index (χ2n) is 6.56. The maximum absolute atomic E-state index is 6.05. The lowest BCUT2D eigenvalue weighted by Gasteiger charge is -2.41. The lowest BCUT2D eigenvalue weighted by atomic mass is 9.70. The van der Waals surface area contributed by atoms with Gasteiger partial charge < -0.3 is 15.0 Å². The Morgan fingerprint density at radius 2 is 1.90 bits per heavy atom. The largest absolute Gasteiger partial charge is 0.367 e. The van der Waals surface area contributed by atoms with Gasteiger partial charge in [0.2, 0.25) is 11.7 Å². The third kappa shape index (κ3) is 3.04. The Labute approximate surface area is 121 Å². The predicted molar refractivity (Wildman–Crippen MR) is 77.1 cm³/mol. The second kappa shape index (κ2) is 5.82. The maximum atomic E-state index is 6.05. The average Bonchev–Trinajstić information content (AvgIpc) is 2.91. The van der Waals surface area contributed by atoms with Crippen molar-refractivity contribution in [1.82, 2.24) is 10.1 Å². The Kier molecular flexibility index (Phi) is 4.49. The number of ether oxygens (including phenoxy) is 1. The molecule has 1 aromatic heterocycles. The highest BCUT2D eigenvalue weighted by Gasteiger charge is 2.44. The number of nitrogens with zero attached hydrogens (tertiary/aromatic N) is 2. The fraction of sp³-hybridized carbons (Fsp3) is 0.867. The smallest absolute Gasteiger partial charge is 0.243 e. The van der Waals surface area contributed by atoms with Crippen molar-refractivity contribution in [3.05, 3.63) is 11.7 Å². The molecule has 0 spiro atoms. The molecule has 0 bridgehead atoms. The highest BCUT2D eigenvalue weighted by Crippen LogP contribution is 2.46. The summed E-state index contributed by atoms with van der Waals surface area (Å²) in [6.07, 6.45) is 4.88. The summed E-state index contributed by atoms with van der Waals surface area (Å²) in [7, 11) is 0. The SMILES string of the molecule is CCOC1(c2noc([C@H](N)CC)n2)CCC(C)(C)CC1. The highest BCUT2D eigenvalue weighted by molar-refractivity contribution is 5.06. The molecule has 2 N–H and O–H groups in total. The number of aromatic nitrogens is 2. The number of hydrogen-bond acceptors (Lipinski definition) is 5. The van der Waals surface area contributed by atoms with E-state index in [1.807, 2.05) is 13.8 Å². The molecule has 0 amide bonds. The maximum Gasteiger partial charge on any atom is 0.243 e. The van der Waals surface area contributed by atoms with Gasteiger partial charge in [-0.3, -0.25) is 0 Å². The van der Waals surface area contributed by atoms with Crippen molar-refractivity contribution >= 4 is 0 Å². The quantitative estimate of drug-likeness (QED) is 0.896. The van der Waals surface area contributed by atoms with Gasteiger partial charge in [0.15, 0.2) is 0 Å². The zero-order valence-corrected chi connectivity index (χ0v) is 13.1. The van der Waals surface area contributed by atoms with Crippen LogP contribution in [0.3, 0.4) is 0 Å². The third-order valence-electron chi connectivity index (χ3n) is 4.44. The molecule has 20 heavy (non-hydrogen) atoms. The van der Waals surface area contributed by atoms with E-state index in [4.69, 9.17) is 15.0 Å². The minimum Gasteiger partial charge on any atom is -0.367 e. The normalized spacial score (nSPS) is 22.6. The molecule has 0 aromatic carbocycles. The lowest BCUT2D eigenvalue weighted by molar-refractivity contribution is -0.0957. The molecular formula is C15H27N3O2. The van der Waals surface area contributed by atoms with Crippen molar-refractivity contribution in [2.75, 3.05) is 6.61 Å². The fourth-order valence-electron chi connectivity index (χ4n) is 2.78. The van der Waals surface area contributed by atoms with E-state index >= 15 is 0 Å². The van der Waals surface area contributed by atoms with Crippen LogP contribution >= 0.6 is 0 Å². The van der Waals surface area contributed by atoms with E-state index in [-0.39, 0.29) is 11.6 Å². The Hall–Kier alpha value is -0.940. The van der Waals surface area contributed by atoms with Crippen molar-refractivity contribution in [1.29, 1.82) is 0 Å². The van der Waals surface area contributed by atoms with Crippen molar-refractivity contribution in [3.63, 3.8) is 0 Å². The van der Waals surface area contributed by atoms with Crippen LogP contribution < -0.4 is 5.73 Å². The molecule has 1 heterocycles. The van der Waals surface area contributed by atoms with Gasteiger partial charge in [0, 0.05) is 6.61 Å². The topological polar surface area (TPSA) is 74.2 Å². The second-order valence-corrected chi connectivity index (χ2v) is 6.56. The Morgan fingerprint density at radius 3 is 2.45 bits per heavy atom. The van der Waals surface area contributed by atoms with Crippen molar-refractivity contribution in [2.45, 2.75) is 71.4 Å². The van der Waals surface area contributed by atoms with Crippen LogP contribution in [0.15, 0.2) is 4.52 Å². The standard InChI is InChI=1S/C15H27N3O2/c1-5-11(16)12-17-13(18-20-12)15(19-6-2)9-7-14(3,4)8-10-15/h11H,5-10,16H2,1-4H3/t11-/m1/s1. The minimum absolute atomic E-state index is 0.185. The van der Waals surface area contributed by atoms with Crippen LogP contribution in [-0.4, -0.2) is 16.7 Å². The summed E-state index contributed by atoms with van der Waals surface area (Å²) in [6, 6.07) is -0.185. The van der Waals surface area contributed by atoms with Gasteiger partial charge in [-0.15, -0.1) is 0 Å². The molecular weight excluding hydrogens is 254 g/mol. The van der Waals surface area contributed by atoms with Crippen LogP contribution in [0.4, 0.5) is 0 Å². The van der Waals surface area contributed by atoms with E-state index in [1.54, 1.807) is 0 Å². The molecule has 1 fully saturated rings. The van der Waals surface area contributed by atoms with Crippen molar-refractivity contribution in [2.24, 2.45) is 11.1 Å². The number of hydrogen-bond donors (Lipinski definition) is 1. The fourth-order valence-corrected chi connectivity index (χ4v) is 2.78. The molecule has 1 aliphatic carbocycles. The molecule has 0 unspecified atom stereocenters. The average molecular weight is 281 g/mol. The molecule has 0 aliphatic heterocycles. The summed E-state index contributed by atoms with van der Waals surface area (Å²) >= 11 is 0. The van der Waals surface area contributed by atoms with E-state index in [1.165, 1.54) is 0 Å². The highest BCUT2D eigenvalue weighted by atomic mass is 16.5.